The van der Waals surface area contributed by atoms with Gasteiger partial charge in [0.1, 0.15) is 0 Å². The Hall–Kier alpha value is -5.41. The van der Waals surface area contributed by atoms with Gasteiger partial charge in [-0.05, 0) is 99.7 Å². The Bertz CT molecular complexity index is 2200. The molecule has 236 valence electrons. The van der Waals surface area contributed by atoms with Crippen molar-refractivity contribution < 1.29 is 14.4 Å². The molecule has 0 saturated heterocycles. The van der Waals surface area contributed by atoms with Crippen LogP contribution < -0.4 is 10.4 Å². The topological polar surface area (TPSA) is 51.2 Å². The highest BCUT2D eigenvalue weighted by atomic mass is 16.1. The standard InChI is InChI=1S/C45H38O3/c46-43(38-23-22-34-9-1-2-12-37(34)30-38)24-19-31-27-32(20-25-44(47)41-17-7-13-35-10-3-5-15-39(35)41)29-33(28-31)21-26-45(48)42-18-8-14-36-11-4-6-16-40(36)42/h1-7,9-10,12-13,15-20,22,24-25,27-30,36,38H,8,11,14,21,23,26H2. The number of carbonyl (C=O) groups excluding carboxylic acids is 3. The fourth-order valence-electron chi connectivity index (χ4n) is 7.15. The molecule has 0 radical (unpaired) electrons. The summed E-state index contributed by atoms with van der Waals surface area (Å²) < 4.78 is 0. The molecule has 2 unspecified atom stereocenters. The van der Waals surface area contributed by atoms with E-state index < -0.39 is 0 Å². The summed E-state index contributed by atoms with van der Waals surface area (Å²) in [6.07, 6.45) is 24.3. The summed E-state index contributed by atoms with van der Waals surface area (Å²) in [5.41, 5.74) is 5.42. The van der Waals surface area contributed by atoms with E-state index in [9.17, 15) is 14.4 Å². The quantitative estimate of drug-likeness (QED) is 0.131. The Morgan fingerprint density at radius 3 is 2.42 bits per heavy atom. The van der Waals surface area contributed by atoms with E-state index in [1.807, 2.05) is 91.0 Å². The first-order valence-electron chi connectivity index (χ1n) is 17.0. The average Bonchev–Trinajstić information content (AvgIpc) is 3.14. The van der Waals surface area contributed by atoms with Crippen molar-refractivity contribution in [2.75, 3.05) is 0 Å². The number of aryl methyl sites for hydroxylation is 1. The Kier molecular flexibility index (Phi) is 9.20. The zero-order valence-corrected chi connectivity index (χ0v) is 27.0. The molecular formula is C45H38O3. The van der Waals surface area contributed by atoms with Crippen LogP contribution in [0.1, 0.15) is 59.2 Å². The van der Waals surface area contributed by atoms with Gasteiger partial charge in [0.05, 0.1) is 0 Å². The van der Waals surface area contributed by atoms with Crippen LogP contribution in [0.2, 0.25) is 0 Å². The maximum atomic E-state index is 13.5. The minimum Gasteiger partial charge on any atom is -0.294 e. The predicted molar refractivity (Wildman–Crippen MR) is 196 cm³/mol. The number of carbonyl (C=O) groups is 3. The molecule has 0 aromatic heterocycles. The molecule has 3 aliphatic rings. The monoisotopic (exact) mass is 626 g/mol. The normalized spacial score (nSPS) is 18.4. The van der Waals surface area contributed by atoms with Gasteiger partial charge in [-0.25, -0.2) is 0 Å². The van der Waals surface area contributed by atoms with E-state index in [-0.39, 0.29) is 23.3 Å². The Morgan fingerprint density at radius 1 is 0.771 bits per heavy atom. The van der Waals surface area contributed by atoms with Crippen molar-refractivity contribution in [1.29, 1.82) is 0 Å². The summed E-state index contributed by atoms with van der Waals surface area (Å²) in [7, 11) is 0. The van der Waals surface area contributed by atoms with Crippen LogP contribution in [-0.2, 0) is 16.0 Å². The zero-order chi connectivity index (χ0) is 32.9. The van der Waals surface area contributed by atoms with E-state index in [0.29, 0.717) is 30.7 Å². The molecule has 0 fully saturated rings. The van der Waals surface area contributed by atoms with Crippen LogP contribution in [-0.4, -0.2) is 17.3 Å². The molecule has 7 rings (SSSR count). The van der Waals surface area contributed by atoms with E-state index in [2.05, 4.69) is 42.5 Å². The van der Waals surface area contributed by atoms with E-state index in [0.717, 1.165) is 62.7 Å². The molecular weight excluding hydrogens is 588 g/mol. The van der Waals surface area contributed by atoms with E-state index in [1.165, 1.54) is 5.57 Å². The molecule has 0 bridgehead atoms. The van der Waals surface area contributed by atoms with Gasteiger partial charge in [0.15, 0.2) is 17.3 Å². The van der Waals surface area contributed by atoms with Crippen molar-refractivity contribution in [2.45, 2.75) is 38.5 Å². The highest BCUT2D eigenvalue weighted by Gasteiger charge is 2.25. The minimum atomic E-state index is -0.203. The molecule has 0 aliphatic heterocycles. The summed E-state index contributed by atoms with van der Waals surface area (Å²) in [6.45, 7) is 0. The van der Waals surface area contributed by atoms with Crippen molar-refractivity contribution in [3.05, 3.63) is 165 Å². The van der Waals surface area contributed by atoms with Crippen molar-refractivity contribution >= 4 is 52.4 Å². The first-order valence-corrected chi connectivity index (χ1v) is 17.0. The molecule has 3 nitrogen and oxygen atoms in total. The van der Waals surface area contributed by atoms with Gasteiger partial charge in [0, 0.05) is 23.5 Å². The minimum absolute atomic E-state index is 0.0538. The molecule has 0 spiro atoms. The molecule has 0 heterocycles. The van der Waals surface area contributed by atoms with Gasteiger partial charge >= 0.3 is 0 Å². The van der Waals surface area contributed by atoms with E-state index in [1.54, 1.807) is 12.2 Å². The summed E-state index contributed by atoms with van der Waals surface area (Å²) in [5.74, 6) is 0.389. The van der Waals surface area contributed by atoms with Crippen molar-refractivity contribution in [1.82, 2.24) is 0 Å². The van der Waals surface area contributed by atoms with Gasteiger partial charge in [0.25, 0.3) is 0 Å². The molecule has 3 heteroatoms. The van der Waals surface area contributed by atoms with Gasteiger partial charge in [0.2, 0.25) is 0 Å². The molecule has 3 aliphatic carbocycles. The number of allylic oxidation sites excluding steroid dienone is 8. The lowest BCUT2D eigenvalue weighted by molar-refractivity contribution is -0.116. The Balaban J connectivity index is 1.14. The van der Waals surface area contributed by atoms with Crippen LogP contribution in [0.4, 0.5) is 0 Å². The van der Waals surface area contributed by atoms with E-state index >= 15 is 0 Å². The maximum Gasteiger partial charge on any atom is 0.186 e. The lowest BCUT2D eigenvalue weighted by atomic mass is 9.77. The van der Waals surface area contributed by atoms with Gasteiger partial charge in [-0.15, -0.1) is 0 Å². The second-order valence-electron chi connectivity index (χ2n) is 12.9. The lowest BCUT2D eigenvalue weighted by Crippen LogP contribution is -2.30. The van der Waals surface area contributed by atoms with Crippen LogP contribution in [0.3, 0.4) is 0 Å². The van der Waals surface area contributed by atoms with Gasteiger partial charge < -0.3 is 0 Å². The second kappa shape index (κ2) is 14.1. The smallest absolute Gasteiger partial charge is 0.186 e. The number of hydrogen-bond acceptors (Lipinski definition) is 3. The number of hydrogen-bond donors (Lipinski definition) is 0. The highest BCUT2D eigenvalue weighted by Crippen LogP contribution is 2.36. The first-order chi connectivity index (χ1) is 23.5. The molecule has 4 aromatic rings. The molecule has 0 saturated carbocycles. The molecule has 2 atom stereocenters. The highest BCUT2D eigenvalue weighted by molar-refractivity contribution is 6.14. The second-order valence-corrected chi connectivity index (χ2v) is 12.9. The van der Waals surface area contributed by atoms with Crippen LogP contribution in [0.25, 0.3) is 35.1 Å². The third kappa shape index (κ3) is 6.96. The fraction of sp³-hybridized carbons (Fsp3) is 0.178. The van der Waals surface area contributed by atoms with Crippen LogP contribution >= 0.6 is 0 Å². The van der Waals surface area contributed by atoms with E-state index in [4.69, 9.17) is 0 Å². The number of rotatable bonds is 10. The first kappa shape index (κ1) is 31.2. The zero-order valence-electron chi connectivity index (χ0n) is 27.0. The van der Waals surface area contributed by atoms with Crippen molar-refractivity contribution in [3.63, 3.8) is 0 Å². The summed E-state index contributed by atoms with van der Waals surface area (Å²) in [6, 6.07) is 27.9. The van der Waals surface area contributed by atoms with Gasteiger partial charge in [-0.2, -0.15) is 0 Å². The van der Waals surface area contributed by atoms with Gasteiger partial charge in [-0.3, -0.25) is 14.4 Å². The van der Waals surface area contributed by atoms with Crippen molar-refractivity contribution in [3.8, 4) is 0 Å². The lowest BCUT2D eigenvalue weighted by Gasteiger charge is -2.27. The molecule has 0 N–H and O–H groups in total. The third-order valence-electron chi connectivity index (χ3n) is 9.68. The maximum absolute atomic E-state index is 13.5. The number of ketones is 3. The van der Waals surface area contributed by atoms with Crippen LogP contribution in [0.15, 0.2) is 133 Å². The number of fused-ring (bicyclic) bond motifs is 3. The summed E-state index contributed by atoms with van der Waals surface area (Å²) in [5, 5.41) is 4.20. The Labute approximate surface area is 281 Å². The molecule has 48 heavy (non-hydrogen) atoms. The third-order valence-corrected chi connectivity index (χ3v) is 9.68. The summed E-state index contributed by atoms with van der Waals surface area (Å²) in [4.78, 5) is 40.1. The Morgan fingerprint density at radius 2 is 1.54 bits per heavy atom. The molecule has 4 aromatic carbocycles. The van der Waals surface area contributed by atoms with Crippen molar-refractivity contribution in [2.24, 2.45) is 11.8 Å². The van der Waals surface area contributed by atoms with Crippen LogP contribution in [0, 0.1) is 11.8 Å². The number of Topliss-reactive ketones (excluding diaryl/α,β-unsaturated/α-hetero) is 1. The predicted octanol–water partition coefficient (Wildman–Crippen LogP) is 8.32. The largest absolute Gasteiger partial charge is 0.294 e. The van der Waals surface area contributed by atoms with Crippen LogP contribution in [0.5, 0.6) is 0 Å². The number of benzene rings is 4. The SMILES string of the molecule is O=C(CCc1cc(C=CC(=O)c2cccc3ccccc23)cc(C=CC(=O)C2C=c3ccccc3=CC2)c1)C1=CCCC2CC=CC=C12. The molecule has 0 amide bonds. The summed E-state index contributed by atoms with van der Waals surface area (Å²) >= 11 is 0. The average molecular weight is 627 g/mol. The fourth-order valence-corrected chi connectivity index (χ4v) is 7.15. The van der Waals surface area contributed by atoms with Gasteiger partial charge in [-0.1, -0.05) is 127 Å².